The lowest BCUT2D eigenvalue weighted by Gasteiger charge is -2.28. The van der Waals surface area contributed by atoms with Crippen LogP contribution in [0.5, 0.6) is 11.5 Å². The van der Waals surface area contributed by atoms with Gasteiger partial charge in [-0.15, -0.1) is 0 Å². The van der Waals surface area contributed by atoms with E-state index in [0.29, 0.717) is 28.3 Å². The SMILES string of the molecule is COc1cc(/C=C2\C(=O)NC(=S)N(c3ccccc3)C2=O)ccc1OCc1cccc(C(=O)O)c1. The molecule has 3 aromatic rings. The highest BCUT2D eigenvalue weighted by Crippen LogP contribution is 2.30. The highest BCUT2D eigenvalue weighted by atomic mass is 32.1. The summed E-state index contributed by atoms with van der Waals surface area (Å²) in [6.45, 7) is 0.127. The molecule has 3 aromatic carbocycles. The average Bonchev–Trinajstić information content (AvgIpc) is 2.86. The van der Waals surface area contributed by atoms with Crippen LogP contribution in [0.4, 0.5) is 5.69 Å². The van der Waals surface area contributed by atoms with Crippen LogP contribution in [0.2, 0.25) is 0 Å². The van der Waals surface area contributed by atoms with Gasteiger partial charge < -0.3 is 14.6 Å². The van der Waals surface area contributed by atoms with Crippen LogP contribution in [0.15, 0.2) is 78.4 Å². The first kappa shape index (κ1) is 23.7. The molecule has 176 valence electrons. The number of amides is 2. The third-order valence-corrected chi connectivity index (χ3v) is 5.47. The van der Waals surface area contributed by atoms with Crippen LogP contribution in [0.3, 0.4) is 0 Å². The number of rotatable bonds is 7. The number of methoxy groups -OCH3 is 1. The first-order valence-electron chi connectivity index (χ1n) is 10.5. The van der Waals surface area contributed by atoms with Gasteiger partial charge >= 0.3 is 5.97 Å². The second-order valence-corrected chi connectivity index (χ2v) is 7.88. The standard InChI is InChI=1S/C26H20N2O6S/c1-33-22-14-16(10-11-21(22)34-15-17-6-5-7-18(12-17)25(31)32)13-20-23(29)27-26(35)28(24(20)30)19-8-3-2-4-9-19/h2-14H,15H2,1H3,(H,31,32)(H,27,29,35)/b20-13+. The number of nitrogens with zero attached hydrogens (tertiary/aromatic N) is 1. The van der Waals surface area contributed by atoms with Crippen molar-refractivity contribution in [2.45, 2.75) is 6.61 Å². The van der Waals surface area contributed by atoms with Gasteiger partial charge in [0.2, 0.25) is 0 Å². The number of hydrogen-bond donors (Lipinski definition) is 2. The molecule has 1 saturated heterocycles. The molecule has 0 spiro atoms. The summed E-state index contributed by atoms with van der Waals surface area (Å²) in [6, 6.07) is 20.2. The maximum absolute atomic E-state index is 13.1. The molecule has 0 aromatic heterocycles. The smallest absolute Gasteiger partial charge is 0.335 e. The Morgan fingerprint density at radius 3 is 2.51 bits per heavy atom. The van der Waals surface area contributed by atoms with Gasteiger partial charge in [-0.05, 0) is 65.8 Å². The molecule has 0 atom stereocenters. The minimum atomic E-state index is -1.02. The predicted octanol–water partition coefficient (Wildman–Crippen LogP) is 3.80. The number of nitrogens with one attached hydrogen (secondary N) is 1. The van der Waals surface area contributed by atoms with Gasteiger partial charge in [-0.2, -0.15) is 0 Å². The summed E-state index contributed by atoms with van der Waals surface area (Å²) in [6.07, 6.45) is 1.46. The molecule has 1 heterocycles. The average molecular weight is 489 g/mol. The summed E-state index contributed by atoms with van der Waals surface area (Å²) in [5.41, 5.74) is 1.85. The van der Waals surface area contributed by atoms with Crippen LogP contribution in [0.25, 0.3) is 6.08 Å². The Balaban J connectivity index is 1.57. The molecule has 35 heavy (non-hydrogen) atoms. The van der Waals surface area contributed by atoms with E-state index in [-0.39, 0.29) is 22.9 Å². The molecule has 4 rings (SSSR count). The molecule has 9 heteroatoms. The van der Waals surface area contributed by atoms with E-state index in [9.17, 15) is 14.4 Å². The molecular weight excluding hydrogens is 468 g/mol. The minimum Gasteiger partial charge on any atom is -0.493 e. The zero-order valence-electron chi connectivity index (χ0n) is 18.6. The van der Waals surface area contributed by atoms with E-state index in [2.05, 4.69) is 5.32 Å². The van der Waals surface area contributed by atoms with Gasteiger partial charge in [-0.3, -0.25) is 19.8 Å². The van der Waals surface area contributed by atoms with Crippen LogP contribution in [0.1, 0.15) is 21.5 Å². The zero-order chi connectivity index (χ0) is 24.9. The van der Waals surface area contributed by atoms with Crippen molar-refractivity contribution < 1.29 is 29.0 Å². The molecule has 8 nitrogen and oxygen atoms in total. The van der Waals surface area contributed by atoms with Gasteiger partial charge in [0.05, 0.1) is 18.4 Å². The van der Waals surface area contributed by atoms with E-state index in [4.69, 9.17) is 26.8 Å². The van der Waals surface area contributed by atoms with Crippen molar-refractivity contribution >= 4 is 46.9 Å². The van der Waals surface area contributed by atoms with Gasteiger partial charge in [0, 0.05) is 0 Å². The number of aromatic carboxylic acids is 1. The van der Waals surface area contributed by atoms with Crippen LogP contribution in [-0.4, -0.2) is 35.1 Å². The first-order chi connectivity index (χ1) is 16.9. The second kappa shape index (κ2) is 10.2. The Bertz CT molecular complexity index is 1350. The Hall–Kier alpha value is -4.50. The van der Waals surface area contributed by atoms with Crippen LogP contribution in [0, 0.1) is 0 Å². The van der Waals surface area contributed by atoms with Crippen molar-refractivity contribution in [2.24, 2.45) is 0 Å². The van der Waals surface area contributed by atoms with Gasteiger partial charge in [-0.1, -0.05) is 36.4 Å². The number of carbonyl (C=O) groups is 3. The molecular formula is C26H20N2O6S. The van der Waals surface area contributed by atoms with Crippen LogP contribution >= 0.6 is 12.2 Å². The largest absolute Gasteiger partial charge is 0.493 e. The summed E-state index contributed by atoms with van der Waals surface area (Å²) in [7, 11) is 1.47. The number of carbonyl (C=O) groups excluding carboxylic acids is 2. The minimum absolute atomic E-state index is 0.0108. The third kappa shape index (κ3) is 5.20. The molecule has 0 saturated carbocycles. The van der Waals surface area contributed by atoms with E-state index in [1.165, 1.54) is 30.2 Å². The fourth-order valence-electron chi connectivity index (χ4n) is 3.48. The molecule has 2 amide bonds. The monoisotopic (exact) mass is 488 g/mol. The second-order valence-electron chi connectivity index (χ2n) is 7.50. The highest BCUT2D eigenvalue weighted by molar-refractivity contribution is 7.80. The van der Waals surface area contributed by atoms with E-state index < -0.39 is 17.8 Å². The van der Waals surface area contributed by atoms with E-state index in [0.717, 1.165) is 0 Å². The maximum Gasteiger partial charge on any atom is 0.335 e. The number of ether oxygens (including phenoxy) is 2. The third-order valence-electron chi connectivity index (χ3n) is 5.18. The molecule has 1 aliphatic heterocycles. The number of para-hydroxylation sites is 1. The lowest BCUT2D eigenvalue weighted by atomic mass is 10.1. The summed E-state index contributed by atoms with van der Waals surface area (Å²) in [4.78, 5) is 38.1. The normalized spacial score (nSPS) is 14.6. The van der Waals surface area contributed by atoms with Gasteiger partial charge in [0.25, 0.3) is 11.8 Å². The van der Waals surface area contributed by atoms with E-state index >= 15 is 0 Å². The maximum atomic E-state index is 13.1. The number of thiocarbonyl (C=S) groups is 1. The molecule has 1 fully saturated rings. The molecule has 0 radical (unpaired) electrons. The van der Waals surface area contributed by atoms with Crippen molar-refractivity contribution in [1.29, 1.82) is 0 Å². The number of carboxylic acid groups (broad SMARTS) is 1. The lowest BCUT2D eigenvalue weighted by Crippen LogP contribution is -2.54. The topological polar surface area (TPSA) is 105 Å². The number of hydrogen-bond acceptors (Lipinski definition) is 6. The lowest BCUT2D eigenvalue weighted by molar-refractivity contribution is -0.122. The molecule has 0 bridgehead atoms. The Kier molecular flexibility index (Phi) is 6.88. The fraction of sp³-hybridized carbons (Fsp3) is 0.0769. The fourth-order valence-corrected chi connectivity index (χ4v) is 3.77. The zero-order valence-corrected chi connectivity index (χ0v) is 19.4. The van der Waals surface area contributed by atoms with E-state index in [1.807, 2.05) is 6.07 Å². The Morgan fingerprint density at radius 2 is 1.80 bits per heavy atom. The highest BCUT2D eigenvalue weighted by Gasteiger charge is 2.34. The van der Waals surface area contributed by atoms with E-state index in [1.54, 1.807) is 54.6 Å². The number of carboxylic acids is 1. The summed E-state index contributed by atoms with van der Waals surface area (Å²) < 4.78 is 11.2. The molecule has 0 unspecified atom stereocenters. The summed E-state index contributed by atoms with van der Waals surface area (Å²) in [5.74, 6) is -1.35. The molecule has 1 aliphatic rings. The number of benzene rings is 3. The molecule has 2 N–H and O–H groups in total. The summed E-state index contributed by atoms with van der Waals surface area (Å²) in [5, 5.41) is 11.7. The Morgan fingerprint density at radius 1 is 1.03 bits per heavy atom. The van der Waals surface area contributed by atoms with Gasteiger partial charge in [0.15, 0.2) is 16.6 Å². The van der Waals surface area contributed by atoms with Crippen LogP contribution < -0.4 is 19.7 Å². The predicted molar refractivity (Wildman–Crippen MR) is 133 cm³/mol. The summed E-state index contributed by atoms with van der Waals surface area (Å²) >= 11 is 5.21. The Labute approximate surface area is 206 Å². The van der Waals surface area contributed by atoms with Crippen molar-refractivity contribution in [3.8, 4) is 11.5 Å². The number of anilines is 1. The van der Waals surface area contributed by atoms with Crippen molar-refractivity contribution in [2.75, 3.05) is 12.0 Å². The molecule has 0 aliphatic carbocycles. The van der Waals surface area contributed by atoms with Gasteiger partial charge in [0.1, 0.15) is 12.2 Å². The van der Waals surface area contributed by atoms with Gasteiger partial charge in [-0.25, -0.2) is 4.79 Å². The van der Waals surface area contributed by atoms with Crippen LogP contribution in [-0.2, 0) is 16.2 Å². The van der Waals surface area contributed by atoms with Crippen molar-refractivity contribution in [3.63, 3.8) is 0 Å². The van der Waals surface area contributed by atoms with Crippen molar-refractivity contribution in [3.05, 3.63) is 95.1 Å². The van der Waals surface area contributed by atoms with Crippen molar-refractivity contribution in [1.82, 2.24) is 5.32 Å². The first-order valence-corrected chi connectivity index (χ1v) is 10.9. The quantitative estimate of drug-likeness (QED) is 0.296.